The van der Waals surface area contributed by atoms with E-state index in [1.54, 1.807) is 21.9 Å². The first-order chi connectivity index (χ1) is 48.3. The number of carbonyl (C=O) groups is 3. The number of fused-ring (bicyclic) bond motifs is 6. The number of alkyl halides is 5. The van der Waals surface area contributed by atoms with Crippen LogP contribution in [0.25, 0.3) is 0 Å². The maximum Gasteiger partial charge on any atom is 0.416 e. The average molecular weight is 1350 g/mol. The minimum Gasteiger partial charge on any atom is -0.433 e. The van der Waals surface area contributed by atoms with Gasteiger partial charge in [0, 0.05) is 139 Å². The van der Waals surface area contributed by atoms with E-state index in [0.29, 0.717) is 89.9 Å². The lowest BCUT2D eigenvalue weighted by molar-refractivity contribution is -0.159. The second kappa shape index (κ2) is 29.1. The molecule has 0 radical (unpaired) electrons. The molecular formula is C79H75F5N12O4. The third-order valence-electron chi connectivity index (χ3n) is 19.0. The molecule has 9 aliphatic rings. The summed E-state index contributed by atoms with van der Waals surface area (Å²) in [6.07, 6.45) is 11.4. The van der Waals surface area contributed by atoms with Gasteiger partial charge < -0.3 is 19.4 Å². The third kappa shape index (κ3) is 15.2. The molecule has 15 rings (SSSR count). The number of hydrogen-bond donors (Lipinski definition) is 0. The standard InChI is InChI=1S/C27H26F2N4O2.C26H23F3N4O.C26H26N4O/c1-3-19-5-4-6-21(15-19)16-31-13-11-24-23(18-31)25(34)33(26-30-12-14-32(24)26)17-20-7-9-22(10-8-20)35-27(2,28)29;1-2-18-4-3-5-20(14-18)15-31-12-10-23-22(17-31)24(34)33(25-30-11-13-32(23)25)16-19-6-8-21(9-7-19)26(27,28)29;1-3-20-5-4-6-22(15-20)16-28-13-11-24-23(18-28)25(31)30(26-27-12-14-29(24)26)17-21-9-7-19(2)8-10-21/h1,4-10,15H,11-14,16-18H2,2H3;1,3-9,14H,10-13,15-17H2;1,4-10,15H,11-14,16-18H2,2H3. The smallest absolute Gasteiger partial charge is 0.416 e. The van der Waals surface area contributed by atoms with E-state index in [-0.39, 0.29) is 30.0 Å². The highest BCUT2D eigenvalue weighted by atomic mass is 19.4. The number of aryl methyl sites for hydroxylation is 1. The van der Waals surface area contributed by atoms with Crippen molar-refractivity contribution in [2.24, 2.45) is 15.0 Å². The minimum absolute atomic E-state index is 0.0561. The van der Waals surface area contributed by atoms with E-state index in [1.165, 1.54) is 35.4 Å². The van der Waals surface area contributed by atoms with E-state index in [2.05, 4.69) is 110 Å². The van der Waals surface area contributed by atoms with Crippen LogP contribution in [0, 0.1) is 44.0 Å². The van der Waals surface area contributed by atoms with Crippen LogP contribution in [0.4, 0.5) is 22.0 Å². The third-order valence-corrected chi connectivity index (χ3v) is 19.0. The second-order valence-corrected chi connectivity index (χ2v) is 26.1. The predicted molar refractivity (Wildman–Crippen MR) is 373 cm³/mol. The fourth-order valence-electron chi connectivity index (χ4n) is 14.2. The first-order valence-electron chi connectivity index (χ1n) is 33.5. The molecule has 0 atom stereocenters. The Hall–Kier alpha value is -10.6. The van der Waals surface area contributed by atoms with Gasteiger partial charge in [-0.15, -0.1) is 19.3 Å². The van der Waals surface area contributed by atoms with Crippen molar-refractivity contribution in [3.63, 3.8) is 0 Å². The van der Waals surface area contributed by atoms with E-state index >= 15 is 0 Å². The molecule has 21 heteroatoms. The summed E-state index contributed by atoms with van der Waals surface area (Å²) in [4.78, 5) is 73.1. The largest absolute Gasteiger partial charge is 0.433 e. The lowest BCUT2D eigenvalue weighted by atomic mass is 9.99. The van der Waals surface area contributed by atoms with Gasteiger partial charge in [-0.05, 0) is 101 Å². The summed E-state index contributed by atoms with van der Waals surface area (Å²) in [7, 11) is 0. The van der Waals surface area contributed by atoms with E-state index in [9.17, 15) is 36.3 Å². The Morgan fingerprint density at radius 1 is 0.430 bits per heavy atom. The summed E-state index contributed by atoms with van der Waals surface area (Å²) in [5, 5.41) is 0. The van der Waals surface area contributed by atoms with Crippen molar-refractivity contribution < 1.29 is 41.1 Å². The summed E-state index contributed by atoms with van der Waals surface area (Å²) in [5.41, 5.74) is 14.7. The summed E-state index contributed by atoms with van der Waals surface area (Å²) in [6.45, 7) is 14.6. The molecule has 6 aromatic carbocycles. The van der Waals surface area contributed by atoms with Crippen LogP contribution < -0.4 is 4.74 Å². The number of halogens is 5. The minimum atomic E-state index is -4.39. The van der Waals surface area contributed by atoms with E-state index < -0.39 is 17.8 Å². The van der Waals surface area contributed by atoms with Crippen molar-refractivity contribution in [1.29, 1.82) is 0 Å². The van der Waals surface area contributed by atoms with Gasteiger partial charge in [0.05, 0.1) is 61.6 Å². The van der Waals surface area contributed by atoms with Gasteiger partial charge in [0.15, 0.2) is 0 Å². The van der Waals surface area contributed by atoms with Crippen LogP contribution in [0.15, 0.2) is 194 Å². The van der Waals surface area contributed by atoms with Crippen LogP contribution in [0.3, 0.4) is 0 Å². The highest BCUT2D eigenvalue weighted by Crippen LogP contribution is 2.37. The Kier molecular flexibility index (Phi) is 19.7. The van der Waals surface area contributed by atoms with Crippen LogP contribution in [0.5, 0.6) is 5.75 Å². The molecule has 3 amide bonds. The molecule has 0 saturated carbocycles. The molecule has 0 saturated heterocycles. The number of rotatable bonds is 14. The Bertz CT molecular complexity index is 4490. The molecule has 0 spiro atoms. The second-order valence-electron chi connectivity index (χ2n) is 26.1. The first-order valence-corrected chi connectivity index (χ1v) is 33.5. The Labute approximate surface area is 579 Å². The SMILES string of the molecule is C#Cc1cccc(CN2CCC3=C(C2)C(=O)N(Cc2ccc(C(F)(F)F)cc2)C2=NCCN23)c1.C#Cc1cccc(CN2CCC3=C(C2)C(=O)N(Cc2ccc(C)cc2)C2=NCCN23)c1.C#Cc1cccc(CN2CCC3=C(C2)C(=O)N(Cc2ccc(OC(C)(F)F)cc2)C2=NCCN23)c1. The quantitative estimate of drug-likeness (QED) is 0.0768. The monoisotopic (exact) mass is 1350 g/mol. The zero-order chi connectivity index (χ0) is 69.8. The number of hydrogen-bond acceptors (Lipinski definition) is 13. The number of benzene rings is 6. The number of aliphatic imine (C=N–C) groups is 3. The van der Waals surface area contributed by atoms with Gasteiger partial charge in [-0.1, -0.05) is 108 Å². The highest BCUT2D eigenvalue weighted by molar-refractivity contribution is 6.11. The van der Waals surface area contributed by atoms with E-state index in [1.807, 2.05) is 65.6 Å². The summed E-state index contributed by atoms with van der Waals surface area (Å²) < 4.78 is 69.7. The number of carbonyl (C=O) groups excluding carboxylic acids is 3. The summed E-state index contributed by atoms with van der Waals surface area (Å²) in [5.74, 6) is 10.1. The molecular weight excluding hydrogens is 1280 g/mol. The van der Waals surface area contributed by atoms with Crippen LogP contribution in [0.1, 0.15) is 87.4 Å². The van der Waals surface area contributed by atoms with Crippen molar-refractivity contribution in [2.45, 2.75) is 84.7 Å². The van der Waals surface area contributed by atoms with Crippen LogP contribution in [-0.2, 0) is 59.8 Å². The van der Waals surface area contributed by atoms with E-state index in [4.69, 9.17) is 19.3 Å². The Morgan fingerprint density at radius 3 is 1.08 bits per heavy atom. The van der Waals surface area contributed by atoms with Crippen molar-refractivity contribution in [3.8, 4) is 42.8 Å². The maximum absolute atomic E-state index is 13.6. The van der Waals surface area contributed by atoms with Crippen LogP contribution >= 0.6 is 0 Å². The van der Waals surface area contributed by atoms with Crippen molar-refractivity contribution in [2.75, 3.05) is 78.5 Å². The number of ether oxygens (including phenoxy) is 1. The molecule has 6 aromatic rings. The molecule has 9 heterocycles. The normalized spacial score (nSPS) is 18.4. The Balaban J connectivity index is 0.000000135. The molecule has 16 nitrogen and oxygen atoms in total. The van der Waals surface area contributed by atoms with Gasteiger partial charge in [0.25, 0.3) is 17.7 Å². The highest BCUT2D eigenvalue weighted by Gasteiger charge is 2.45. The van der Waals surface area contributed by atoms with Gasteiger partial charge in [-0.25, -0.2) is 0 Å². The molecule has 0 aliphatic carbocycles. The summed E-state index contributed by atoms with van der Waals surface area (Å²) >= 11 is 0. The average Bonchev–Trinajstić information content (AvgIpc) is 1.44. The molecule has 0 fully saturated rings. The molecule has 0 N–H and O–H groups in total. The van der Waals surface area contributed by atoms with Crippen molar-refractivity contribution in [3.05, 3.63) is 241 Å². The van der Waals surface area contributed by atoms with Gasteiger partial charge in [0.1, 0.15) is 5.75 Å². The van der Waals surface area contributed by atoms with Crippen molar-refractivity contribution >= 4 is 35.6 Å². The van der Waals surface area contributed by atoms with Crippen LogP contribution in [-0.4, -0.2) is 164 Å². The molecule has 0 bridgehead atoms. The van der Waals surface area contributed by atoms with Gasteiger partial charge >= 0.3 is 12.3 Å². The topological polar surface area (TPSA) is 127 Å². The summed E-state index contributed by atoms with van der Waals surface area (Å²) in [6, 6.07) is 43.6. The molecule has 100 heavy (non-hydrogen) atoms. The van der Waals surface area contributed by atoms with Gasteiger partial charge in [-0.3, -0.25) is 58.8 Å². The zero-order valence-electron chi connectivity index (χ0n) is 55.8. The van der Waals surface area contributed by atoms with Crippen molar-refractivity contribution in [1.82, 2.24) is 44.1 Å². The Morgan fingerprint density at radius 2 is 0.760 bits per heavy atom. The molecule has 510 valence electrons. The van der Waals surface area contributed by atoms with Gasteiger partial charge in [0.2, 0.25) is 17.9 Å². The maximum atomic E-state index is 13.6. The fraction of sp³-hybridized carbons (Fsp3) is 0.316. The fourth-order valence-corrected chi connectivity index (χ4v) is 14.2. The predicted octanol–water partition coefficient (Wildman–Crippen LogP) is 10.8. The first kappa shape index (κ1) is 67.9. The number of nitrogens with zero attached hydrogens (tertiary/aromatic N) is 12. The zero-order valence-corrected chi connectivity index (χ0v) is 55.8. The number of amides is 3. The lowest BCUT2D eigenvalue weighted by Gasteiger charge is -2.42. The van der Waals surface area contributed by atoms with Crippen LogP contribution in [0.2, 0.25) is 0 Å². The van der Waals surface area contributed by atoms with Gasteiger partial charge in [-0.2, -0.15) is 22.0 Å². The number of guanidine groups is 3. The van der Waals surface area contributed by atoms with E-state index in [0.717, 1.165) is 156 Å². The molecule has 0 unspecified atom stereocenters. The number of terminal acetylenes is 3. The molecule has 0 aromatic heterocycles. The molecule has 9 aliphatic heterocycles. The lowest BCUT2D eigenvalue weighted by Crippen LogP contribution is -2.53.